The van der Waals surface area contributed by atoms with Gasteiger partial charge in [-0.2, -0.15) is 8.78 Å². The molecule has 0 spiro atoms. The second kappa shape index (κ2) is 5.85. The van der Waals surface area contributed by atoms with Crippen molar-refractivity contribution in [2.45, 2.75) is 13.5 Å². The maximum atomic E-state index is 12.1. The van der Waals surface area contributed by atoms with Crippen LogP contribution < -0.4 is 4.74 Å². The molecule has 0 N–H and O–H groups in total. The highest BCUT2D eigenvalue weighted by molar-refractivity contribution is 9.09. The van der Waals surface area contributed by atoms with Gasteiger partial charge in [0.2, 0.25) is 0 Å². The van der Waals surface area contributed by atoms with Crippen molar-refractivity contribution in [1.29, 1.82) is 0 Å². The quantitative estimate of drug-likeness (QED) is 0.753. The summed E-state index contributed by atoms with van der Waals surface area (Å²) in [6.45, 7) is -0.878. The van der Waals surface area contributed by atoms with Crippen molar-refractivity contribution in [2.75, 3.05) is 5.33 Å². The van der Waals surface area contributed by atoms with Gasteiger partial charge in [0.25, 0.3) is 0 Å². The molecule has 1 aromatic carbocycles. The molecule has 1 rings (SSSR count). The van der Waals surface area contributed by atoms with E-state index in [0.717, 1.165) is 5.57 Å². The molecule has 0 heterocycles. The second-order valence-electron chi connectivity index (χ2n) is 3.04. The predicted octanol–water partition coefficient (Wildman–Crippen LogP) is 4.09. The molecule has 0 aliphatic carbocycles. The fourth-order valence-corrected chi connectivity index (χ4v) is 1.27. The third kappa shape index (κ3) is 4.00. The first-order valence-electron chi connectivity index (χ1n) is 4.40. The van der Waals surface area contributed by atoms with Crippen LogP contribution in [-0.2, 0) is 0 Å². The predicted molar refractivity (Wildman–Crippen MR) is 60.5 cm³/mol. The van der Waals surface area contributed by atoms with Crippen molar-refractivity contribution in [2.24, 2.45) is 0 Å². The number of para-hydroxylation sites is 1. The maximum absolute atomic E-state index is 12.1. The van der Waals surface area contributed by atoms with Gasteiger partial charge < -0.3 is 4.74 Å². The fraction of sp³-hybridized carbons (Fsp3) is 0.273. The highest BCUT2D eigenvalue weighted by Crippen LogP contribution is 2.23. The Bertz CT molecular complexity index is 350. The van der Waals surface area contributed by atoms with E-state index in [4.69, 9.17) is 0 Å². The zero-order valence-corrected chi connectivity index (χ0v) is 9.80. The number of hydrogen-bond donors (Lipinski definition) is 0. The van der Waals surface area contributed by atoms with Gasteiger partial charge in [-0.25, -0.2) is 0 Å². The van der Waals surface area contributed by atoms with Gasteiger partial charge in [0.15, 0.2) is 0 Å². The fourth-order valence-electron chi connectivity index (χ4n) is 1.11. The molecular formula is C11H11BrF2O. The van der Waals surface area contributed by atoms with E-state index in [1.807, 2.05) is 13.0 Å². The van der Waals surface area contributed by atoms with Crippen LogP contribution in [0.15, 0.2) is 29.8 Å². The maximum Gasteiger partial charge on any atom is 0.387 e. The Morgan fingerprint density at radius 1 is 1.47 bits per heavy atom. The zero-order chi connectivity index (χ0) is 11.3. The number of allylic oxidation sites excluding steroid dienone is 1. The topological polar surface area (TPSA) is 9.23 Å². The summed E-state index contributed by atoms with van der Waals surface area (Å²) in [5.74, 6) is 0.202. The van der Waals surface area contributed by atoms with Crippen LogP contribution in [0.2, 0.25) is 0 Å². The first-order valence-corrected chi connectivity index (χ1v) is 5.52. The van der Waals surface area contributed by atoms with Crippen LogP contribution >= 0.6 is 15.9 Å². The van der Waals surface area contributed by atoms with Crippen molar-refractivity contribution in [3.63, 3.8) is 0 Å². The molecule has 4 heteroatoms. The van der Waals surface area contributed by atoms with Crippen LogP contribution in [0, 0.1) is 0 Å². The summed E-state index contributed by atoms with van der Waals surface area (Å²) in [6.07, 6.45) is 1.81. The van der Waals surface area contributed by atoms with Crippen LogP contribution in [0.1, 0.15) is 12.5 Å². The molecular weight excluding hydrogens is 266 g/mol. The lowest BCUT2D eigenvalue weighted by atomic mass is 10.1. The molecule has 0 unspecified atom stereocenters. The second-order valence-corrected chi connectivity index (χ2v) is 3.60. The highest BCUT2D eigenvalue weighted by atomic mass is 79.9. The van der Waals surface area contributed by atoms with E-state index in [2.05, 4.69) is 20.7 Å². The van der Waals surface area contributed by atoms with Gasteiger partial charge in [-0.3, -0.25) is 0 Å². The number of hydrogen-bond acceptors (Lipinski definition) is 1. The highest BCUT2D eigenvalue weighted by Gasteiger charge is 2.07. The summed E-state index contributed by atoms with van der Waals surface area (Å²) in [4.78, 5) is 0. The minimum atomic E-state index is -2.79. The van der Waals surface area contributed by atoms with Crippen molar-refractivity contribution in [1.82, 2.24) is 0 Å². The van der Waals surface area contributed by atoms with Gasteiger partial charge in [0, 0.05) is 10.9 Å². The zero-order valence-electron chi connectivity index (χ0n) is 8.21. The third-order valence-electron chi connectivity index (χ3n) is 1.75. The molecule has 1 nitrogen and oxygen atoms in total. The number of rotatable bonds is 4. The van der Waals surface area contributed by atoms with E-state index in [0.29, 0.717) is 10.9 Å². The number of ether oxygens (including phenoxy) is 1. The summed E-state index contributed by atoms with van der Waals surface area (Å²) in [7, 11) is 0. The average Bonchev–Trinajstić information content (AvgIpc) is 2.20. The SMILES string of the molecule is CC(=Cc1ccccc1OC(F)F)CBr. The molecule has 0 aliphatic rings. The van der Waals surface area contributed by atoms with Gasteiger partial charge in [-0.15, -0.1) is 0 Å². The normalized spacial score (nSPS) is 11.9. The molecule has 0 saturated carbocycles. The lowest BCUT2D eigenvalue weighted by Gasteiger charge is -2.07. The van der Waals surface area contributed by atoms with E-state index in [-0.39, 0.29) is 5.75 Å². The smallest absolute Gasteiger partial charge is 0.387 e. The molecule has 1 aromatic rings. The Morgan fingerprint density at radius 2 is 2.13 bits per heavy atom. The Kier molecular flexibility index (Phi) is 4.75. The van der Waals surface area contributed by atoms with Crippen LogP contribution in [-0.4, -0.2) is 11.9 Å². The largest absolute Gasteiger partial charge is 0.434 e. The van der Waals surface area contributed by atoms with Crippen LogP contribution in [0.4, 0.5) is 8.78 Å². The Balaban J connectivity index is 2.96. The molecule has 0 atom stereocenters. The molecule has 0 bridgehead atoms. The van der Waals surface area contributed by atoms with Gasteiger partial charge in [0.1, 0.15) is 5.75 Å². The molecule has 0 aliphatic heterocycles. The number of alkyl halides is 3. The standard InChI is InChI=1S/C11H11BrF2O/c1-8(7-12)6-9-4-2-3-5-10(9)15-11(13)14/h2-6,11H,7H2,1H3. The third-order valence-corrected chi connectivity index (χ3v) is 2.63. The molecule has 0 saturated heterocycles. The van der Waals surface area contributed by atoms with Crippen molar-refractivity contribution in [3.05, 3.63) is 35.4 Å². The molecule has 0 radical (unpaired) electrons. The molecule has 0 fully saturated rings. The van der Waals surface area contributed by atoms with Gasteiger partial charge >= 0.3 is 6.61 Å². The van der Waals surface area contributed by atoms with E-state index in [9.17, 15) is 8.78 Å². The van der Waals surface area contributed by atoms with Gasteiger partial charge in [-0.1, -0.05) is 45.8 Å². The van der Waals surface area contributed by atoms with E-state index >= 15 is 0 Å². The number of benzene rings is 1. The van der Waals surface area contributed by atoms with Crippen molar-refractivity contribution >= 4 is 22.0 Å². The summed E-state index contributed by atoms with van der Waals surface area (Å²) >= 11 is 3.29. The Morgan fingerprint density at radius 3 is 2.73 bits per heavy atom. The van der Waals surface area contributed by atoms with Gasteiger partial charge in [0.05, 0.1) is 0 Å². The van der Waals surface area contributed by atoms with Crippen molar-refractivity contribution < 1.29 is 13.5 Å². The summed E-state index contributed by atoms with van der Waals surface area (Å²) in [5.41, 5.74) is 1.70. The molecule has 0 amide bonds. The molecule has 82 valence electrons. The number of halogens is 3. The van der Waals surface area contributed by atoms with Gasteiger partial charge in [-0.05, 0) is 13.0 Å². The molecule has 0 aromatic heterocycles. The van der Waals surface area contributed by atoms with E-state index in [1.54, 1.807) is 18.2 Å². The summed E-state index contributed by atoms with van der Waals surface area (Å²) in [5, 5.41) is 0.704. The summed E-state index contributed by atoms with van der Waals surface area (Å²) in [6, 6.07) is 6.72. The van der Waals surface area contributed by atoms with E-state index < -0.39 is 6.61 Å². The lowest BCUT2D eigenvalue weighted by Crippen LogP contribution is -2.03. The van der Waals surface area contributed by atoms with E-state index in [1.165, 1.54) is 6.07 Å². The first kappa shape index (κ1) is 12.2. The van der Waals surface area contributed by atoms with Crippen molar-refractivity contribution in [3.8, 4) is 5.75 Å². The molecule has 15 heavy (non-hydrogen) atoms. The minimum Gasteiger partial charge on any atom is -0.434 e. The first-order chi connectivity index (χ1) is 7.13. The lowest BCUT2D eigenvalue weighted by molar-refractivity contribution is -0.0499. The monoisotopic (exact) mass is 276 g/mol. The van der Waals surface area contributed by atoms with Crippen LogP contribution in [0.5, 0.6) is 5.75 Å². The summed E-state index contributed by atoms with van der Waals surface area (Å²) < 4.78 is 28.5. The Labute approximate surface area is 95.9 Å². The van der Waals surface area contributed by atoms with Crippen LogP contribution in [0.3, 0.4) is 0 Å². The average molecular weight is 277 g/mol. The van der Waals surface area contributed by atoms with Crippen LogP contribution in [0.25, 0.3) is 6.08 Å². The minimum absolute atomic E-state index is 0.202. The Hall–Kier alpha value is -0.900.